The van der Waals surface area contributed by atoms with Crippen LogP contribution in [0.15, 0.2) is 18.2 Å². The molecule has 22 saturated carbocycles. The lowest BCUT2D eigenvalue weighted by Gasteiger charge is -2.62. The van der Waals surface area contributed by atoms with E-state index in [4.69, 9.17) is 0 Å². The minimum Gasteiger partial charge on any atom is -0.508 e. The number of hydrogen-bond acceptors (Lipinski definition) is 2. The van der Waals surface area contributed by atoms with Gasteiger partial charge in [-0.15, -0.1) is 0 Å². The number of carbonyl (C=O) groups is 1. The van der Waals surface area contributed by atoms with E-state index in [1.165, 1.54) is 140 Å². The quantitative estimate of drug-likeness (QED) is 0.320. The average Bonchev–Trinajstić information content (AvgIpc) is 1.72. The van der Waals surface area contributed by atoms with E-state index < -0.39 is 0 Å². The fraction of sp³-hybridized carbons (Fsp3) is 0.943. The highest BCUT2D eigenvalue weighted by atomic mass is 16.3. The van der Waals surface area contributed by atoms with Gasteiger partial charge in [0.15, 0.2) is 0 Å². The van der Waals surface area contributed by atoms with Gasteiger partial charge in [0.05, 0.1) is 0 Å². The molecule has 23 aliphatic carbocycles. The van der Waals surface area contributed by atoms with Gasteiger partial charge in [-0.1, -0.05) is 218 Å². The Morgan fingerprint density at radius 3 is 1.49 bits per heavy atom. The molecule has 2 nitrogen and oxygen atoms in total. The smallest absolute Gasteiger partial charge is 0.139 e. The molecule has 2 heteroatoms. The Hall–Kier alpha value is -1.31. The number of carbonyl (C=O) groups excluding carboxylic acids is 1. The van der Waals surface area contributed by atoms with Crippen molar-refractivity contribution in [1.29, 1.82) is 0 Å². The van der Waals surface area contributed by atoms with Crippen molar-refractivity contribution in [3.05, 3.63) is 29.3 Å². The molecule has 1 N–H and O–H groups in total. The zero-order valence-electron chi connectivity index (χ0n) is 84.7. The molecule has 0 aromatic heterocycles. The molecule has 0 saturated heterocycles. The molecule has 0 aliphatic heterocycles. The van der Waals surface area contributed by atoms with Crippen molar-refractivity contribution in [3.8, 4) is 5.75 Å². The summed E-state index contributed by atoms with van der Waals surface area (Å²) in [6.07, 6.45) is 102. The summed E-state index contributed by atoms with van der Waals surface area (Å²) in [7, 11) is 0. The first-order valence-electron chi connectivity index (χ1n) is 58.6. The molecule has 2 bridgehead atoms. The van der Waals surface area contributed by atoms with Crippen molar-refractivity contribution in [1.82, 2.24) is 0 Å². The van der Waals surface area contributed by atoms with Gasteiger partial charge in [-0.05, 0) is 528 Å². The first-order chi connectivity index (χ1) is 60.3. The van der Waals surface area contributed by atoms with E-state index in [0.29, 0.717) is 34.7 Å². The van der Waals surface area contributed by atoms with Crippen LogP contribution in [-0.2, 0) is 11.2 Å². The Labute approximate surface area is 773 Å². The summed E-state index contributed by atoms with van der Waals surface area (Å²) >= 11 is 0. The maximum atomic E-state index is 12.7. The van der Waals surface area contributed by atoms with Gasteiger partial charge < -0.3 is 5.11 Å². The van der Waals surface area contributed by atoms with E-state index in [0.717, 1.165) is 212 Å². The number of aromatic hydroxyl groups is 1. The van der Waals surface area contributed by atoms with Gasteiger partial charge in [-0.3, -0.25) is 4.79 Å². The molecule has 0 amide bonds. The average molecular weight is 1710 g/mol. The molecule has 125 heavy (non-hydrogen) atoms. The summed E-state index contributed by atoms with van der Waals surface area (Å²) in [6, 6.07) is 5.94. The summed E-state index contributed by atoms with van der Waals surface area (Å²) in [5, 5.41) is 9.74. The van der Waals surface area contributed by atoms with Gasteiger partial charge in [0.1, 0.15) is 11.5 Å². The highest BCUT2D eigenvalue weighted by molar-refractivity contribution is 5.85. The third-order valence-electron chi connectivity index (χ3n) is 51.0. The maximum Gasteiger partial charge on any atom is 0.139 e. The van der Waals surface area contributed by atoms with Crippen molar-refractivity contribution >= 4 is 5.78 Å². The van der Waals surface area contributed by atoms with Crippen LogP contribution in [0.1, 0.15) is 530 Å². The number of ketones is 1. The Kier molecular flexibility index (Phi) is 27.9. The van der Waals surface area contributed by atoms with Crippen LogP contribution in [-0.4, -0.2) is 10.9 Å². The van der Waals surface area contributed by atoms with Crippen LogP contribution in [0.2, 0.25) is 0 Å². The topological polar surface area (TPSA) is 37.3 Å². The second-order valence-electron chi connectivity index (χ2n) is 55.6. The second kappa shape index (κ2) is 37.6. The lowest BCUT2D eigenvalue weighted by Crippen LogP contribution is -2.54. The van der Waals surface area contributed by atoms with Crippen molar-refractivity contribution in [2.24, 2.45) is 202 Å². The zero-order valence-corrected chi connectivity index (χ0v) is 84.7. The first kappa shape index (κ1) is 92.7. The van der Waals surface area contributed by atoms with Gasteiger partial charge >= 0.3 is 0 Å². The fourth-order valence-corrected chi connectivity index (χ4v) is 43.4. The minimum absolute atomic E-state index is 0.0634. The van der Waals surface area contributed by atoms with Crippen LogP contribution in [0.3, 0.4) is 0 Å². The maximum absolute atomic E-state index is 12.7. The van der Waals surface area contributed by atoms with Crippen molar-refractivity contribution < 1.29 is 9.90 Å². The molecule has 36 atom stereocenters. The predicted molar refractivity (Wildman–Crippen MR) is 529 cm³/mol. The zero-order chi connectivity index (χ0) is 86.5. The van der Waals surface area contributed by atoms with E-state index in [2.05, 4.69) is 89.2 Å². The standard InChI is InChI=1S/C22H38.C21H36.C20H26O2.3C20H34/c1-4-16-8-11-19-18-10-9-17-7-5-6-13-22(17,3)20(18)12-14-21(19,2)15-16;1-3-18-9-11-20-19-10-8-15-6-4-5-7-16(15)14-17(19)12-13-21(18,20)2;1-20-11-10-16-15-9-7-14(21)12-13(15)6-8-17(16)18(20)4-2-3-5-19(20)22;1-19-11-5-7-18(19)15-8-9-16-6-3-4-12-20(16,2)17(14-15)10-13-19;1-19-11-5-7-17(19)14-15-8-9-16-6-3-4-12-20(16,2)18(15)10-13-19;1-19-12-6-8-17(19)16-10-9-15-7-4-3-5-13-20(15,2)18(16)11-14-19/h16-20H,4-15H2,1-3H3;15-20H,3-14H2,1-2H3;7,9,12,16-18,21H,2-6,8,10-11H2,1H3;3*15-18H,3-14H2,1-2H3/t16-,17+,18-,19-,20-,21+,22-;15-,16+,17-,18+,19?,20+,21-;16?,17?,18?,20-;15-,16-,17+,18+,19+,20+;15-,16+,17-,18-,19-,20-;15-,16?,17?,18?,19+,20+/m010101/s1. The Morgan fingerprint density at radius 1 is 0.288 bits per heavy atom. The summed E-state index contributed by atoms with van der Waals surface area (Å²) < 4.78 is 0. The Morgan fingerprint density at radius 2 is 0.792 bits per heavy atom. The molecule has 24 rings (SSSR count). The normalized spacial score (nSPS) is 51.9. The summed E-state index contributed by atoms with van der Waals surface area (Å²) in [5.74, 6) is 27.9. The molecule has 23 aliphatic rings. The van der Waals surface area contributed by atoms with Crippen molar-refractivity contribution in [2.75, 3.05) is 0 Å². The third kappa shape index (κ3) is 17.4. The van der Waals surface area contributed by atoms with Crippen molar-refractivity contribution in [3.63, 3.8) is 0 Å². The van der Waals surface area contributed by atoms with Gasteiger partial charge in [-0.2, -0.15) is 0 Å². The molecule has 1 aromatic carbocycles. The Bertz CT molecular complexity index is 3720. The van der Waals surface area contributed by atoms with Crippen LogP contribution >= 0.6 is 0 Å². The molecule has 706 valence electrons. The molecule has 0 heterocycles. The van der Waals surface area contributed by atoms with Crippen LogP contribution in [0.4, 0.5) is 0 Å². The first-order valence-corrected chi connectivity index (χ1v) is 58.6. The summed E-state index contributed by atoms with van der Waals surface area (Å²) in [6.45, 7) is 31.3. The number of hydrogen-bond donors (Lipinski definition) is 1. The van der Waals surface area contributed by atoms with Crippen LogP contribution in [0.5, 0.6) is 5.75 Å². The van der Waals surface area contributed by atoms with Crippen LogP contribution in [0, 0.1) is 202 Å². The number of fused-ring (bicyclic) bond motifs is 29. The second-order valence-corrected chi connectivity index (χ2v) is 55.6. The number of benzene rings is 1. The number of Topliss-reactive ketones (excluding diaryl/α,β-unsaturated/α-hetero) is 1. The lowest BCUT2D eigenvalue weighted by atomic mass is 9.42. The highest BCUT2D eigenvalue weighted by Crippen LogP contribution is 2.72. The minimum atomic E-state index is -0.0634. The van der Waals surface area contributed by atoms with E-state index in [-0.39, 0.29) is 5.41 Å². The van der Waals surface area contributed by atoms with E-state index in [9.17, 15) is 9.90 Å². The van der Waals surface area contributed by atoms with E-state index in [1.54, 1.807) is 276 Å². The van der Waals surface area contributed by atoms with Gasteiger partial charge in [0, 0.05) is 11.8 Å². The number of rotatable bonds is 2. The molecular weight excluding hydrogens is 1510 g/mol. The Balaban J connectivity index is 0.0000000982. The molecule has 22 fully saturated rings. The SMILES string of the molecule is CC[C@H]1CC[C@H]2C3CC[C@H]4CCCC[C@H]4C[C@H]3CC[C@]12C.CC[C@H]1CC[C@H]2[C@@H]3CC[C@H]4CCCC[C@]4(C)[C@H]3CC[C@]2(C)C1.C[C@@]12CCCC1C1CC[C@H]3CCCCC[C@]3(C)C1CC2.C[C@@]12CCC[C@H]1C[C@@H]1CC[C@H]3CCCC[C@]3(C)[C@H]1CC2.C[C@@]12CCC[C@H]1[C@@H]1CC[C@H]3CCCC[C@]3(C)[C@@H](CC2)C1.C[C@]12CCC3c4ccc(O)cc4CCC3C1CCCCC2=O. The number of aryl methyl sites for hydroxylation is 1. The summed E-state index contributed by atoms with van der Waals surface area (Å²) in [5.41, 5.74) is 9.28. The molecule has 1 aromatic rings. The molecule has 0 radical (unpaired) electrons. The fourth-order valence-electron chi connectivity index (χ4n) is 43.4. The molecular formula is C123H202O2. The lowest BCUT2D eigenvalue weighted by molar-refractivity contribution is -0.135. The monoisotopic (exact) mass is 1710 g/mol. The molecule has 7 unspecified atom stereocenters. The molecule has 0 spiro atoms. The van der Waals surface area contributed by atoms with Crippen LogP contribution in [0.25, 0.3) is 0 Å². The largest absolute Gasteiger partial charge is 0.508 e. The van der Waals surface area contributed by atoms with Crippen LogP contribution < -0.4 is 0 Å². The number of phenols is 1. The van der Waals surface area contributed by atoms with Crippen molar-refractivity contribution in [2.45, 2.75) is 526 Å². The van der Waals surface area contributed by atoms with E-state index in [1.807, 2.05) is 12.1 Å². The highest BCUT2D eigenvalue weighted by Gasteiger charge is 2.63. The third-order valence-corrected chi connectivity index (χ3v) is 51.0. The van der Waals surface area contributed by atoms with E-state index >= 15 is 0 Å². The van der Waals surface area contributed by atoms with Gasteiger partial charge in [0.25, 0.3) is 0 Å². The predicted octanol–water partition coefficient (Wildman–Crippen LogP) is 36.5. The number of phenolic OH excluding ortho intramolecular Hbond substituents is 1. The van der Waals surface area contributed by atoms with Gasteiger partial charge in [-0.25, -0.2) is 0 Å². The summed E-state index contributed by atoms with van der Waals surface area (Å²) in [4.78, 5) is 12.7. The van der Waals surface area contributed by atoms with Gasteiger partial charge in [0.2, 0.25) is 0 Å².